The first-order valence-electron chi connectivity index (χ1n) is 5.00. The van der Waals surface area contributed by atoms with Gasteiger partial charge in [0.05, 0.1) is 5.76 Å². The fourth-order valence-corrected chi connectivity index (χ4v) is 1.75. The second kappa shape index (κ2) is 4.43. The van der Waals surface area contributed by atoms with E-state index >= 15 is 0 Å². The van der Waals surface area contributed by atoms with Crippen molar-refractivity contribution in [1.29, 1.82) is 0 Å². The van der Waals surface area contributed by atoms with E-state index in [4.69, 9.17) is 0 Å². The SMILES string of the molecule is C=C(C)[C@@H]1CC(=O)CC(C(C)=O)=C(O)C1. The van der Waals surface area contributed by atoms with Crippen molar-refractivity contribution in [2.75, 3.05) is 0 Å². The Balaban J connectivity index is 3.00. The van der Waals surface area contributed by atoms with E-state index in [2.05, 4.69) is 6.58 Å². The van der Waals surface area contributed by atoms with Crippen LogP contribution in [-0.4, -0.2) is 16.7 Å². The Morgan fingerprint density at radius 3 is 2.47 bits per heavy atom. The molecule has 0 spiro atoms. The molecule has 0 aromatic carbocycles. The summed E-state index contributed by atoms with van der Waals surface area (Å²) < 4.78 is 0. The Bertz CT molecular complexity index is 350. The molecule has 15 heavy (non-hydrogen) atoms. The molecule has 0 fully saturated rings. The smallest absolute Gasteiger partial charge is 0.159 e. The van der Waals surface area contributed by atoms with Crippen molar-refractivity contribution in [1.82, 2.24) is 0 Å². The molecule has 82 valence electrons. The van der Waals surface area contributed by atoms with Crippen LogP contribution in [0.4, 0.5) is 0 Å². The zero-order valence-electron chi connectivity index (χ0n) is 9.17. The van der Waals surface area contributed by atoms with Gasteiger partial charge in [-0.15, -0.1) is 0 Å². The summed E-state index contributed by atoms with van der Waals surface area (Å²) >= 11 is 0. The molecule has 1 rings (SSSR count). The van der Waals surface area contributed by atoms with Crippen molar-refractivity contribution in [3.8, 4) is 0 Å². The fraction of sp³-hybridized carbons (Fsp3) is 0.500. The van der Waals surface area contributed by atoms with Crippen LogP contribution in [0.25, 0.3) is 0 Å². The van der Waals surface area contributed by atoms with Crippen molar-refractivity contribution >= 4 is 11.6 Å². The van der Waals surface area contributed by atoms with Gasteiger partial charge in [-0.3, -0.25) is 9.59 Å². The van der Waals surface area contributed by atoms with Crippen LogP contribution in [0.15, 0.2) is 23.5 Å². The molecule has 1 atom stereocenters. The quantitative estimate of drug-likeness (QED) is 0.708. The third-order valence-electron chi connectivity index (χ3n) is 2.76. The number of hydrogen-bond acceptors (Lipinski definition) is 3. The normalized spacial score (nSPS) is 22.5. The number of carbonyl (C=O) groups excluding carboxylic acids is 2. The van der Waals surface area contributed by atoms with Crippen molar-refractivity contribution in [3.63, 3.8) is 0 Å². The summed E-state index contributed by atoms with van der Waals surface area (Å²) in [5.74, 6) is -0.198. The molecule has 0 bridgehead atoms. The summed E-state index contributed by atoms with van der Waals surface area (Å²) in [4.78, 5) is 22.7. The molecule has 0 saturated carbocycles. The number of carbonyl (C=O) groups is 2. The van der Waals surface area contributed by atoms with Gasteiger partial charge in [0.15, 0.2) is 5.78 Å². The molecule has 0 saturated heterocycles. The van der Waals surface area contributed by atoms with E-state index in [1.54, 1.807) is 0 Å². The number of aliphatic hydroxyl groups is 1. The van der Waals surface area contributed by atoms with E-state index in [0.717, 1.165) is 5.57 Å². The van der Waals surface area contributed by atoms with E-state index in [9.17, 15) is 14.7 Å². The van der Waals surface area contributed by atoms with Crippen LogP contribution in [0.5, 0.6) is 0 Å². The summed E-state index contributed by atoms with van der Waals surface area (Å²) in [5.41, 5.74) is 1.14. The second-order valence-corrected chi connectivity index (χ2v) is 4.15. The molecule has 0 radical (unpaired) electrons. The van der Waals surface area contributed by atoms with Crippen LogP contribution in [0.1, 0.15) is 33.1 Å². The van der Waals surface area contributed by atoms with Crippen molar-refractivity contribution in [3.05, 3.63) is 23.5 Å². The summed E-state index contributed by atoms with van der Waals surface area (Å²) in [6.07, 6.45) is 0.789. The molecular formula is C12H16O3. The number of ketones is 2. The lowest BCUT2D eigenvalue weighted by atomic mass is 9.93. The number of Topliss-reactive ketones (excluding diaryl/α,β-unsaturated/α-hetero) is 2. The first kappa shape index (κ1) is 11.7. The first-order valence-corrected chi connectivity index (χ1v) is 5.00. The van der Waals surface area contributed by atoms with E-state index in [-0.39, 0.29) is 35.2 Å². The van der Waals surface area contributed by atoms with Crippen molar-refractivity contribution in [2.45, 2.75) is 33.1 Å². The van der Waals surface area contributed by atoms with Gasteiger partial charge >= 0.3 is 0 Å². The predicted octanol–water partition coefficient (Wildman–Crippen LogP) is 2.33. The summed E-state index contributed by atoms with van der Waals surface area (Å²) in [6, 6.07) is 0. The van der Waals surface area contributed by atoms with Crippen LogP contribution in [0, 0.1) is 5.92 Å². The molecular weight excluding hydrogens is 192 g/mol. The predicted molar refractivity (Wildman–Crippen MR) is 57.5 cm³/mol. The summed E-state index contributed by atoms with van der Waals surface area (Å²) in [7, 11) is 0. The number of hydrogen-bond donors (Lipinski definition) is 1. The number of aliphatic hydroxyl groups excluding tert-OH is 1. The van der Waals surface area contributed by atoms with Crippen LogP contribution < -0.4 is 0 Å². The average molecular weight is 208 g/mol. The molecule has 1 N–H and O–H groups in total. The topological polar surface area (TPSA) is 54.4 Å². The molecule has 0 unspecified atom stereocenters. The van der Waals surface area contributed by atoms with E-state index < -0.39 is 0 Å². The van der Waals surface area contributed by atoms with Crippen LogP contribution in [0.2, 0.25) is 0 Å². The molecule has 0 amide bonds. The van der Waals surface area contributed by atoms with Gasteiger partial charge in [-0.05, 0) is 19.8 Å². The molecule has 0 aromatic heterocycles. The minimum Gasteiger partial charge on any atom is -0.512 e. The van der Waals surface area contributed by atoms with Crippen molar-refractivity contribution < 1.29 is 14.7 Å². The largest absolute Gasteiger partial charge is 0.512 e. The van der Waals surface area contributed by atoms with Crippen molar-refractivity contribution in [2.24, 2.45) is 5.92 Å². The lowest BCUT2D eigenvalue weighted by Gasteiger charge is -2.12. The molecule has 3 nitrogen and oxygen atoms in total. The maximum atomic E-state index is 11.5. The first-order chi connectivity index (χ1) is 6.91. The van der Waals surface area contributed by atoms with Gasteiger partial charge in [0.25, 0.3) is 0 Å². The highest BCUT2D eigenvalue weighted by molar-refractivity contribution is 5.99. The van der Waals surface area contributed by atoms with E-state index in [1.807, 2.05) is 6.92 Å². The van der Waals surface area contributed by atoms with E-state index in [0.29, 0.717) is 12.8 Å². The highest BCUT2D eigenvalue weighted by atomic mass is 16.3. The molecule has 0 aliphatic heterocycles. The highest BCUT2D eigenvalue weighted by Gasteiger charge is 2.25. The van der Waals surface area contributed by atoms with Crippen LogP contribution >= 0.6 is 0 Å². The maximum Gasteiger partial charge on any atom is 0.159 e. The van der Waals surface area contributed by atoms with Crippen LogP contribution in [-0.2, 0) is 9.59 Å². The second-order valence-electron chi connectivity index (χ2n) is 4.15. The monoisotopic (exact) mass is 208 g/mol. The fourth-order valence-electron chi connectivity index (χ4n) is 1.75. The Labute approximate surface area is 89.5 Å². The van der Waals surface area contributed by atoms with Gasteiger partial charge in [-0.25, -0.2) is 0 Å². The molecule has 0 aromatic rings. The average Bonchev–Trinajstić information content (AvgIpc) is 2.25. The molecule has 0 heterocycles. The van der Waals surface area contributed by atoms with Crippen LogP contribution in [0.3, 0.4) is 0 Å². The molecule has 3 heteroatoms. The minimum absolute atomic E-state index is 0.00255. The highest BCUT2D eigenvalue weighted by Crippen LogP contribution is 2.29. The van der Waals surface area contributed by atoms with Gasteiger partial charge in [0.2, 0.25) is 0 Å². The standard InChI is InChI=1S/C12H16O3/c1-7(2)9-4-10(14)6-11(8(3)13)12(15)5-9/h9,15H,1,4-6H2,2-3H3/t9-/m1/s1. The zero-order valence-corrected chi connectivity index (χ0v) is 9.17. The van der Waals surface area contributed by atoms with Gasteiger partial charge < -0.3 is 5.11 Å². The van der Waals surface area contributed by atoms with E-state index in [1.165, 1.54) is 6.92 Å². The number of allylic oxidation sites excluding steroid dienone is 3. The van der Waals surface area contributed by atoms with Gasteiger partial charge in [0.1, 0.15) is 5.78 Å². The third kappa shape index (κ3) is 2.78. The Hall–Kier alpha value is -1.38. The summed E-state index contributed by atoms with van der Waals surface area (Å²) in [6.45, 7) is 7.00. The van der Waals surface area contributed by atoms with Gasteiger partial charge in [-0.1, -0.05) is 12.2 Å². The molecule has 1 aliphatic carbocycles. The zero-order chi connectivity index (χ0) is 11.6. The Kier molecular flexibility index (Phi) is 3.45. The van der Waals surface area contributed by atoms with Gasteiger partial charge in [-0.2, -0.15) is 0 Å². The Morgan fingerprint density at radius 2 is 2.00 bits per heavy atom. The lowest BCUT2D eigenvalue weighted by Crippen LogP contribution is -2.07. The number of rotatable bonds is 2. The summed E-state index contributed by atoms with van der Waals surface area (Å²) in [5, 5.41) is 9.72. The molecule has 1 aliphatic rings. The third-order valence-corrected chi connectivity index (χ3v) is 2.76. The Morgan fingerprint density at radius 1 is 1.40 bits per heavy atom. The maximum absolute atomic E-state index is 11.5. The van der Waals surface area contributed by atoms with Gasteiger partial charge in [0, 0.05) is 24.8 Å². The minimum atomic E-state index is -0.219. The lowest BCUT2D eigenvalue weighted by molar-refractivity contribution is -0.120.